The third kappa shape index (κ3) is 4.97. The van der Waals surface area contributed by atoms with Gasteiger partial charge in [0.05, 0.1) is 11.5 Å². The van der Waals surface area contributed by atoms with Crippen molar-refractivity contribution in [2.75, 3.05) is 18.4 Å². The van der Waals surface area contributed by atoms with Gasteiger partial charge in [0.1, 0.15) is 18.2 Å². The number of rotatable bonds is 7. The minimum atomic E-state index is -0.521. The lowest BCUT2D eigenvalue weighted by Gasteiger charge is -2.26. The molecule has 1 N–H and O–H groups in total. The summed E-state index contributed by atoms with van der Waals surface area (Å²) in [6, 6.07) is 7.78. The van der Waals surface area contributed by atoms with Gasteiger partial charge in [-0.2, -0.15) is 5.10 Å². The van der Waals surface area contributed by atoms with Gasteiger partial charge in [-0.15, -0.1) is 0 Å². The molecule has 3 aromatic rings. The zero-order valence-electron chi connectivity index (χ0n) is 17.3. The summed E-state index contributed by atoms with van der Waals surface area (Å²) in [6.07, 6.45) is 6.27. The topological polar surface area (TPSA) is 119 Å². The van der Waals surface area contributed by atoms with E-state index in [1.165, 1.54) is 35.7 Å². The number of hydrogen-bond acceptors (Lipinski definition) is 7. The van der Waals surface area contributed by atoms with Crippen LogP contribution in [0.5, 0.6) is 0 Å². The van der Waals surface area contributed by atoms with Crippen LogP contribution in [0.3, 0.4) is 0 Å². The molecule has 0 spiro atoms. The molecule has 0 aliphatic carbocycles. The van der Waals surface area contributed by atoms with Gasteiger partial charge in [0.25, 0.3) is 5.91 Å². The molecule has 0 bridgehead atoms. The van der Waals surface area contributed by atoms with Crippen molar-refractivity contribution >= 4 is 17.3 Å². The van der Waals surface area contributed by atoms with E-state index in [0.29, 0.717) is 17.0 Å². The zero-order chi connectivity index (χ0) is 21.8. The molecule has 2 aromatic heterocycles. The Hall–Kier alpha value is -3.53. The highest BCUT2D eigenvalue weighted by molar-refractivity contribution is 6.03. The lowest BCUT2D eigenvalue weighted by Crippen LogP contribution is -2.29. The van der Waals surface area contributed by atoms with Gasteiger partial charge in [0, 0.05) is 17.8 Å². The number of piperidine rings is 1. The maximum atomic E-state index is 12.8. The fraction of sp³-hybridized carbons (Fsp3) is 0.381. The summed E-state index contributed by atoms with van der Waals surface area (Å²) in [6.45, 7) is 5.00. The molecule has 10 heteroatoms. The van der Waals surface area contributed by atoms with E-state index < -0.39 is 10.8 Å². The second kappa shape index (κ2) is 9.09. The SMILES string of the molecule is Cc1onc(C(=O)Nc2ccc(CN3CCCCC3)cc2)c1Cn1cc([N+](=O)[O-])cn1. The lowest BCUT2D eigenvalue weighted by molar-refractivity contribution is -0.385. The van der Waals surface area contributed by atoms with Crippen molar-refractivity contribution in [2.45, 2.75) is 39.3 Å². The number of amides is 1. The molecule has 1 amide bonds. The van der Waals surface area contributed by atoms with Crippen molar-refractivity contribution in [3.8, 4) is 0 Å². The van der Waals surface area contributed by atoms with Gasteiger partial charge >= 0.3 is 5.69 Å². The van der Waals surface area contributed by atoms with Crippen molar-refractivity contribution in [1.82, 2.24) is 19.8 Å². The summed E-state index contributed by atoms with van der Waals surface area (Å²) in [7, 11) is 0. The zero-order valence-corrected chi connectivity index (χ0v) is 17.3. The van der Waals surface area contributed by atoms with Crippen LogP contribution >= 0.6 is 0 Å². The Morgan fingerprint density at radius 1 is 1.19 bits per heavy atom. The molecule has 0 atom stereocenters. The number of nitro groups is 1. The highest BCUT2D eigenvalue weighted by Gasteiger charge is 2.21. The quantitative estimate of drug-likeness (QED) is 0.456. The first-order chi connectivity index (χ1) is 15.0. The van der Waals surface area contributed by atoms with Gasteiger partial charge in [-0.05, 0) is 50.6 Å². The second-order valence-corrected chi connectivity index (χ2v) is 7.71. The van der Waals surface area contributed by atoms with E-state index in [1.807, 2.05) is 24.3 Å². The van der Waals surface area contributed by atoms with Crippen LogP contribution in [0.2, 0.25) is 0 Å². The first kappa shape index (κ1) is 20.7. The van der Waals surface area contributed by atoms with Crippen LogP contribution < -0.4 is 5.32 Å². The van der Waals surface area contributed by atoms with Gasteiger partial charge in [-0.25, -0.2) is 0 Å². The van der Waals surface area contributed by atoms with E-state index in [9.17, 15) is 14.9 Å². The van der Waals surface area contributed by atoms with Crippen LogP contribution in [-0.2, 0) is 13.1 Å². The van der Waals surface area contributed by atoms with Gasteiger partial charge in [0.15, 0.2) is 5.69 Å². The predicted molar refractivity (Wildman–Crippen MR) is 113 cm³/mol. The summed E-state index contributed by atoms with van der Waals surface area (Å²) in [4.78, 5) is 25.6. The van der Waals surface area contributed by atoms with Gasteiger partial charge < -0.3 is 9.84 Å². The Kier molecular flexibility index (Phi) is 6.08. The minimum absolute atomic E-state index is 0.121. The Morgan fingerprint density at radius 3 is 2.61 bits per heavy atom. The Balaban J connectivity index is 1.42. The van der Waals surface area contributed by atoms with E-state index in [4.69, 9.17) is 4.52 Å². The largest absolute Gasteiger partial charge is 0.361 e. The molecule has 1 aliphatic rings. The lowest BCUT2D eigenvalue weighted by atomic mass is 10.1. The monoisotopic (exact) mass is 424 g/mol. The van der Waals surface area contributed by atoms with Gasteiger partial charge in [-0.1, -0.05) is 23.7 Å². The summed E-state index contributed by atoms with van der Waals surface area (Å²) >= 11 is 0. The molecule has 3 heterocycles. The molecule has 1 saturated heterocycles. The molecule has 4 rings (SSSR count). The van der Waals surface area contributed by atoms with Crippen LogP contribution in [-0.4, -0.2) is 43.8 Å². The maximum absolute atomic E-state index is 12.8. The Bertz CT molecular complexity index is 1070. The van der Waals surface area contributed by atoms with Crippen molar-refractivity contribution in [3.63, 3.8) is 0 Å². The molecule has 0 radical (unpaired) electrons. The molecule has 31 heavy (non-hydrogen) atoms. The Labute approximate surface area is 179 Å². The molecular formula is C21H24N6O4. The van der Waals surface area contributed by atoms with Gasteiger partial charge in [0.2, 0.25) is 0 Å². The summed E-state index contributed by atoms with van der Waals surface area (Å²) in [5, 5.41) is 21.5. The number of nitrogens with zero attached hydrogens (tertiary/aromatic N) is 5. The number of carbonyl (C=O) groups is 1. The third-order valence-electron chi connectivity index (χ3n) is 5.42. The number of likely N-dealkylation sites (tertiary alicyclic amines) is 1. The first-order valence-electron chi connectivity index (χ1n) is 10.2. The second-order valence-electron chi connectivity index (χ2n) is 7.71. The molecule has 10 nitrogen and oxygen atoms in total. The molecule has 162 valence electrons. The number of carbonyl (C=O) groups excluding carboxylic acids is 1. The summed E-state index contributed by atoms with van der Waals surface area (Å²) in [5.74, 6) is 0.0532. The van der Waals surface area contributed by atoms with Crippen molar-refractivity contribution in [3.05, 3.63) is 69.4 Å². The number of aromatic nitrogens is 3. The molecule has 1 fully saturated rings. The van der Waals surface area contributed by atoms with Crippen LogP contribution in [0.4, 0.5) is 11.4 Å². The van der Waals surface area contributed by atoms with E-state index in [-0.39, 0.29) is 17.9 Å². The Morgan fingerprint density at radius 2 is 1.94 bits per heavy atom. The molecular weight excluding hydrogens is 400 g/mol. The predicted octanol–water partition coefficient (Wildman–Crippen LogP) is 3.37. The van der Waals surface area contributed by atoms with Crippen LogP contribution in [0.1, 0.15) is 46.6 Å². The van der Waals surface area contributed by atoms with E-state index >= 15 is 0 Å². The fourth-order valence-electron chi connectivity index (χ4n) is 3.71. The highest BCUT2D eigenvalue weighted by atomic mass is 16.6. The van der Waals surface area contributed by atoms with Crippen LogP contribution in [0.25, 0.3) is 0 Å². The standard InChI is InChI=1S/C21H24N6O4/c1-15-19(14-26-13-18(11-22-26)27(29)30)20(24-31-15)21(28)23-17-7-5-16(6-8-17)12-25-9-3-2-4-10-25/h5-8,11,13H,2-4,9-10,12,14H2,1H3,(H,23,28). The summed E-state index contributed by atoms with van der Waals surface area (Å²) < 4.78 is 6.57. The van der Waals surface area contributed by atoms with E-state index in [1.54, 1.807) is 6.92 Å². The van der Waals surface area contributed by atoms with Crippen molar-refractivity contribution in [1.29, 1.82) is 0 Å². The normalized spacial score (nSPS) is 14.5. The number of anilines is 1. The number of aryl methyl sites for hydroxylation is 1. The number of benzene rings is 1. The maximum Gasteiger partial charge on any atom is 0.307 e. The first-order valence-corrected chi connectivity index (χ1v) is 10.2. The number of nitrogens with one attached hydrogen (secondary N) is 1. The molecule has 1 aliphatic heterocycles. The number of hydrogen-bond donors (Lipinski definition) is 1. The average molecular weight is 424 g/mol. The average Bonchev–Trinajstić information content (AvgIpc) is 3.38. The van der Waals surface area contributed by atoms with E-state index in [2.05, 4.69) is 20.5 Å². The van der Waals surface area contributed by atoms with E-state index in [0.717, 1.165) is 25.8 Å². The third-order valence-corrected chi connectivity index (χ3v) is 5.42. The molecule has 0 saturated carbocycles. The highest BCUT2D eigenvalue weighted by Crippen LogP contribution is 2.19. The minimum Gasteiger partial charge on any atom is -0.361 e. The molecule has 1 aromatic carbocycles. The molecule has 0 unspecified atom stereocenters. The fourth-order valence-corrected chi connectivity index (χ4v) is 3.71. The smallest absolute Gasteiger partial charge is 0.307 e. The van der Waals surface area contributed by atoms with Crippen molar-refractivity contribution < 1.29 is 14.2 Å². The van der Waals surface area contributed by atoms with Crippen molar-refractivity contribution in [2.24, 2.45) is 0 Å². The van der Waals surface area contributed by atoms with Crippen LogP contribution in [0.15, 0.2) is 41.2 Å². The van der Waals surface area contributed by atoms with Crippen LogP contribution in [0, 0.1) is 17.0 Å². The summed E-state index contributed by atoms with van der Waals surface area (Å²) in [5.41, 5.74) is 2.40. The van der Waals surface area contributed by atoms with Gasteiger partial charge in [-0.3, -0.25) is 24.5 Å².